The van der Waals surface area contributed by atoms with Crippen LogP contribution in [-0.4, -0.2) is 61.5 Å². The van der Waals surface area contributed by atoms with Gasteiger partial charge in [0.05, 0.1) is 19.8 Å². The smallest absolute Gasteiger partial charge is 0.319 e. The Kier molecular flexibility index (Phi) is 7.85. The Morgan fingerprint density at radius 3 is 2.16 bits per heavy atom. The summed E-state index contributed by atoms with van der Waals surface area (Å²) in [6.45, 7) is 4.82. The predicted molar refractivity (Wildman–Crippen MR) is 120 cm³/mol. The van der Waals surface area contributed by atoms with Crippen LogP contribution in [-0.2, 0) is 20.0 Å². The molecule has 0 fully saturated rings. The van der Waals surface area contributed by atoms with Gasteiger partial charge in [0.1, 0.15) is 11.5 Å². The lowest BCUT2D eigenvalue weighted by Crippen LogP contribution is -2.44. The number of rotatable bonds is 4. The highest BCUT2D eigenvalue weighted by atomic mass is 16.5. The molecule has 1 aromatic carbocycles. The van der Waals surface area contributed by atoms with Crippen LogP contribution in [0.1, 0.15) is 35.3 Å². The Bertz CT molecular complexity index is 1000. The Labute approximate surface area is 183 Å². The summed E-state index contributed by atoms with van der Waals surface area (Å²) in [6.07, 6.45) is 2.92. The van der Waals surface area contributed by atoms with Gasteiger partial charge in [-0.15, -0.1) is 0 Å². The number of aldehydes is 1. The first-order valence-electron chi connectivity index (χ1n) is 10.2. The second kappa shape index (κ2) is 10.1. The lowest BCUT2D eigenvalue weighted by Gasteiger charge is -2.32. The van der Waals surface area contributed by atoms with Crippen molar-refractivity contribution in [2.24, 2.45) is 7.05 Å². The SMILES string of the molecule is CC.COc1cc(-c2cn(C)c(=O)c3c2CN(C(=O)N(C)C)CC3)cc(OC)c1C=O. The number of hydrogen-bond acceptors (Lipinski definition) is 5. The summed E-state index contributed by atoms with van der Waals surface area (Å²) in [5, 5.41) is 0. The normalized spacial score (nSPS) is 12.3. The fourth-order valence-corrected chi connectivity index (χ4v) is 3.70. The number of pyridine rings is 1. The van der Waals surface area contributed by atoms with E-state index in [0.29, 0.717) is 48.4 Å². The van der Waals surface area contributed by atoms with Gasteiger partial charge in [-0.2, -0.15) is 0 Å². The first kappa shape index (κ1) is 24.0. The van der Waals surface area contributed by atoms with E-state index in [1.807, 2.05) is 13.8 Å². The second-order valence-corrected chi connectivity index (χ2v) is 7.18. The van der Waals surface area contributed by atoms with E-state index in [2.05, 4.69) is 0 Å². The van der Waals surface area contributed by atoms with Gasteiger partial charge in [-0.3, -0.25) is 9.59 Å². The molecule has 0 saturated heterocycles. The predicted octanol–water partition coefficient (Wildman–Crippen LogP) is 2.95. The van der Waals surface area contributed by atoms with Crippen LogP contribution in [0.3, 0.4) is 0 Å². The molecule has 2 heterocycles. The quantitative estimate of drug-likeness (QED) is 0.698. The van der Waals surface area contributed by atoms with Gasteiger partial charge in [-0.1, -0.05) is 13.8 Å². The topological polar surface area (TPSA) is 81.1 Å². The molecule has 0 unspecified atom stereocenters. The van der Waals surface area contributed by atoms with Gasteiger partial charge >= 0.3 is 6.03 Å². The fraction of sp³-hybridized carbons (Fsp3) is 0.435. The number of aryl methyl sites for hydroxylation is 1. The number of methoxy groups -OCH3 is 2. The van der Waals surface area contributed by atoms with Crippen molar-refractivity contribution in [3.05, 3.63) is 45.4 Å². The molecule has 0 aliphatic carbocycles. The van der Waals surface area contributed by atoms with Crippen molar-refractivity contribution in [2.75, 3.05) is 34.9 Å². The van der Waals surface area contributed by atoms with E-state index in [9.17, 15) is 14.4 Å². The molecule has 0 atom stereocenters. The van der Waals surface area contributed by atoms with E-state index in [4.69, 9.17) is 9.47 Å². The van der Waals surface area contributed by atoms with Crippen LogP contribution < -0.4 is 15.0 Å². The summed E-state index contributed by atoms with van der Waals surface area (Å²) in [7, 11) is 8.09. The lowest BCUT2D eigenvalue weighted by molar-refractivity contribution is 0.111. The number of amides is 2. The summed E-state index contributed by atoms with van der Waals surface area (Å²) in [4.78, 5) is 39.9. The Hall–Kier alpha value is -3.29. The zero-order chi connectivity index (χ0) is 23.3. The van der Waals surface area contributed by atoms with Crippen molar-refractivity contribution in [3.8, 4) is 22.6 Å². The van der Waals surface area contributed by atoms with Crippen LogP contribution in [0.25, 0.3) is 11.1 Å². The fourth-order valence-electron chi connectivity index (χ4n) is 3.70. The monoisotopic (exact) mass is 429 g/mol. The molecule has 8 heteroatoms. The maximum atomic E-state index is 12.7. The van der Waals surface area contributed by atoms with E-state index in [1.165, 1.54) is 19.1 Å². The number of hydrogen-bond donors (Lipinski definition) is 0. The molecule has 31 heavy (non-hydrogen) atoms. The average molecular weight is 430 g/mol. The van der Waals surface area contributed by atoms with Gasteiger partial charge < -0.3 is 23.8 Å². The molecule has 0 spiro atoms. The highest BCUT2D eigenvalue weighted by Gasteiger charge is 2.27. The molecular weight excluding hydrogens is 398 g/mol. The minimum atomic E-state index is -0.103. The van der Waals surface area contributed by atoms with Gasteiger partial charge in [-0.05, 0) is 29.7 Å². The summed E-state index contributed by atoms with van der Waals surface area (Å²) in [5.74, 6) is 0.767. The molecule has 1 aromatic heterocycles. The van der Waals surface area contributed by atoms with Crippen molar-refractivity contribution in [1.29, 1.82) is 0 Å². The maximum absolute atomic E-state index is 12.7. The molecule has 1 aliphatic rings. The average Bonchev–Trinajstić information content (AvgIpc) is 2.80. The molecule has 8 nitrogen and oxygen atoms in total. The summed E-state index contributed by atoms with van der Waals surface area (Å²) in [5.41, 5.74) is 3.30. The minimum Gasteiger partial charge on any atom is -0.496 e. The maximum Gasteiger partial charge on any atom is 0.319 e. The molecule has 0 N–H and O–H groups in total. The summed E-state index contributed by atoms with van der Waals surface area (Å²) >= 11 is 0. The van der Waals surface area contributed by atoms with E-state index in [-0.39, 0.29) is 11.6 Å². The Morgan fingerprint density at radius 2 is 1.68 bits per heavy atom. The van der Waals surface area contributed by atoms with Crippen molar-refractivity contribution in [3.63, 3.8) is 0 Å². The number of benzene rings is 1. The highest BCUT2D eigenvalue weighted by Crippen LogP contribution is 2.36. The van der Waals surface area contributed by atoms with Crippen molar-refractivity contribution < 1.29 is 19.1 Å². The molecule has 1 aliphatic heterocycles. The molecule has 3 rings (SSSR count). The summed E-state index contributed by atoms with van der Waals surface area (Å²) in [6, 6.07) is 3.40. The molecule has 2 amide bonds. The number of ether oxygens (including phenoxy) is 2. The summed E-state index contributed by atoms with van der Waals surface area (Å²) < 4.78 is 12.3. The number of aromatic nitrogens is 1. The third-order valence-electron chi connectivity index (χ3n) is 5.20. The Balaban J connectivity index is 0.00000166. The largest absolute Gasteiger partial charge is 0.496 e. The zero-order valence-corrected chi connectivity index (χ0v) is 19.3. The van der Waals surface area contributed by atoms with Crippen molar-refractivity contribution in [1.82, 2.24) is 14.4 Å². The number of fused-ring (bicyclic) bond motifs is 1. The molecule has 2 aromatic rings. The van der Waals surface area contributed by atoms with Gasteiger partial charge in [0.15, 0.2) is 6.29 Å². The third-order valence-corrected chi connectivity index (χ3v) is 5.20. The van der Waals surface area contributed by atoms with E-state index in [1.54, 1.807) is 48.9 Å². The number of carbonyl (C=O) groups excluding carboxylic acids is 2. The zero-order valence-electron chi connectivity index (χ0n) is 19.3. The van der Waals surface area contributed by atoms with E-state index in [0.717, 1.165) is 16.7 Å². The highest BCUT2D eigenvalue weighted by molar-refractivity contribution is 5.87. The molecule has 0 radical (unpaired) electrons. The number of urea groups is 1. The van der Waals surface area contributed by atoms with Crippen LogP contribution in [0, 0.1) is 0 Å². The molecule has 168 valence electrons. The van der Waals surface area contributed by atoms with Gasteiger partial charge in [0.2, 0.25) is 0 Å². The van der Waals surface area contributed by atoms with E-state index < -0.39 is 0 Å². The van der Waals surface area contributed by atoms with Gasteiger partial charge in [-0.25, -0.2) is 4.79 Å². The van der Waals surface area contributed by atoms with Crippen molar-refractivity contribution in [2.45, 2.75) is 26.8 Å². The van der Waals surface area contributed by atoms with Crippen LogP contribution in [0.5, 0.6) is 11.5 Å². The Morgan fingerprint density at radius 1 is 1.10 bits per heavy atom. The van der Waals surface area contributed by atoms with Crippen LogP contribution in [0.15, 0.2) is 23.1 Å². The minimum absolute atomic E-state index is 0.0656. The van der Waals surface area contributed by atoms with Gasteiger partial charge in [0, 0.05) is 51.6 Å². The van der Waals surface area contributed by atoms with Crippen molar-refractivity contribution >= 4 is 12.3 Å². The number of nitrogens with zero attached hydrogens (tertiary/aromatic N) is 3. The number of carbonyl (C=O) groups is 2. The van der Waals surface area contributed by atoms with Crippen LogP contribution in [0.2, 0.25) is 0 Å². The molecule has 0 saturated carbocycles. The first-order chi connectivity index (χ1) is 14.8. The first-order valence-corrected chi connectivity index (χ1v) is 10.2. The molecule has 0 bridgehead atoms. The van der Waals surface area contributed by atoms with E-state index >= 15 is 0 Å². The van der Waals surface area contributed by atoms with Gasteiger partial charge in [0.25, 0.3) is 5.56 Å². The van der Waals surface area contributed by atoms with Crippen LogP contribution >= 0.6 is 0 Å². The standard InChI is InChI=1S/C21H25N3O5.C2H6/c1-22(2)21(27)24-7-6-14-16(11-24)15(10-23(3)20(14)26)13-8-18(28-4)17(12-25)19(9-13)29-5;1-2/h8-10,12H,6-7,11H2,1-5H3;1-2H3. The third kappa shape index (κ3) is 4.57. The van der Waals surface area contributed by atoms with Crippen LogP contribution in [0.4, 0.5) is 4.79 Å². The second-order valence-electron chi connectivity index (χ2n) is 7.18. The molecular formula is C23H31N3O5. The lowest BCUT2D eigenvalue weighted by atomic mass is 9.92.